The number of hydrogen-bond donors (Lipinski definition) is 0. The fourth-order valence-electron chi connectivity index (χ4n) is 6.03. The van der Waals surface area contributed by atoms with Gasteiger partial charge in [-0.3, -0.25) is 14.7 Å². The van der Waals surface area contributed by atoms with Crippen molar-refractivity contribution in [3.8, 4) is 0 Å². The first-order valence-electron chi connectivity index (χ1n) is 12.0. The number of hydrogen-bond acceptors (Lipinski definition) is 3. The minimum Gasteiger partial charge on any atom is -0.283 e. The summed E-state index contributed by atoms with van der Waals surface area (Å²) in [4.78, 5) is 8.28. The summed E-state index contributed by atoms with van der Waals surface area (Å²) >= 11 is 0. The molecule has 0 radical (unpaired) electrons. The van der Waals surface area contributed by atoms with Gasteiger partial charge in [-0.2, -0.15) is 0 Å². The van der Waals surface area contributed by atoms with E-state index >= 15 is 0 Å². The second-order valence-corrected chi connectivity index (χ2v) is 9.77. The van der Waals surface area contributed by atoms with Crippen LogP contribution in [0, 0.1) is 11.8 Å². The van der Waals surface area contributed by atoms with Crippen LogP contribution in [0.1, 0.15) is 30.5 Å². The van der Waals surface area contributed by atoms with E-state index in [0.29, 0.717) is 24.2 Å². The summed E-state index contributed by atoms with van der Waals surface area (Å²) in [6.07, 6.45) is 0.923. The molecule has 5 rings (SSSR count). The molecule has 0 aliphatic carbocycles. The van der Waals surface area contributed by atoms with Crippen LogP contribution in [0.4, 0.5) is 0 Å². The Morgan fingerprint density at radius 1 is 0.531 bits per heavy atom. The average molecular weight is 426 g/mol. The Bertz CT molecular complexity index is 914. The van der Waals surface area contributed by atoms with Crippen molar-refractivity contribution in [1.82, 2.24) is 14.7 Å². The summed E-state index contributed by atoms with van der Waals surface area (Å²) in [5, 5.41) is 0. The normalized spacial score (nSPS) is 26.8. The molecule has 2 saturated heterocycles. The van der Waals surface area contributed by atoms with Crippen LogP contribution < -0.4 is 0 Å². The molecule has 2 aliphatic rings. The molecular weight excluding hydrogens is 390 g/mol. The van der Waals surface area contributed by atoms with E-state index in [9.17, 15) is 0 Å². The number of benzene rings is 3. The maximum Gasteiger partial charge on any atom is 0.0680 e. The molecule has 2 heterocycles. The molecule has 0 aromatic heterocycles. The summed E-state index contributed by atoms with van der Waals surface area (Å²) in [6, 6.07) is 33.0. The van der Waals surface area contributed by atoms with E-state index in [-0.39, 0.29) is 0 Å². The zero-order valence-corrected chi connectivity index (χ0v) is 19.3. The van der Waals surface area contributed by atoms with E-state index < -0.39 is 0 Å². The molecule has 32 heavy (non-hydrogen) atoms. The maximum absolute atomic E-state index is 2.80. The number of rotatable bonds is 6. The van der Waals surface area contributed by atoms with Crippen LogP contribution in [0.15, 0.2) is 91.0 Å². The van der Waals surface area contributed by atoms with Crippen molar-refractivity contribution >= 4 is 0 Å². The van der Waals surface area contributed by atoms with Crippen LogP contribution in [0.5, 0.6) is 0 Å². The van der Waals surface area contributed by atoms with Crippen molar-refractivity contribution in [3.05, 3.63) is 108 Å². The Morgan fingerprint density at radius 3 is 1.25 bits per heavy atom. The lowest BCUT2D eigenvalue weighted by Crippen LogP contribution is -2.72. The molecule has 2 fully saturated rings. The fraction of sp³-hybridized carbons (Fsp3) is 0.379. The quantitative estimate of drug-likeness (QED) is 0.520. The lowest BCUT2D eigenvalue weighted by Gasteiger charge is -2.60. The largest absolute Gasteiger partial charge is 0.283 e. The third-order valence-electron chi connectivity index (χ3n) is 7.16. The number of fused-ring (bicyclic) bond motifs is 2. The molecule has 0 N–H and O–H groups in total. The zero-order valence-electron chi connectivity index (χ0n) is 19.3. The van der Waals surface area contributed by atoms with E-state index in [0.717, 1.165) is 32.7 Å². The molecule has 166 valence electrons. The summed E-state index contributed by atoms with van der Waals surface area (Å²) in [6.45, 7) is 10.2. The van der Waals surface area contributed by atoms with Crippen LogP contribution in [0.2, 0.25) is 0 Å². The molecule has 3 nitrogen and oxygen atoms in total. The molecule has 2 aliphatic heterocycles. The van der Waals surface area contributed by atoms with E-state index in [1.165, 1.54) is 16.7 Å². The van der Waals surface area contributed by atoms with E-state index in [4.69, 9.17) is 0 Å². The Morgan fingerprint density at radius 2 is 0.875 bits per heavy atom. The van der Waals surface area contributed by atoms with Crippen molar-refractivity contribution in [2.45, 2.75) is 45.8 Å². The first-order valence-corrected chi connectivity index (χ1v) is 12.0. The van der Waals surface area contributed by atoms with Gasteiger partial charge >= 0.3 is 0 Å². The lowest BCUT2D eigenvalue weighted by atomic mass is 9.88. The van der Waals surface area contributed by atoms with Gasteiger partial charge in [0.25, 0.3) is 0 Å². The molecule has 3 aromatic carbocycles. The molecule has 4 atom stereocenters. The highest BCUT2D eigenvalue weighted by atomic mass is 15.5. The molecular formula is C29H35N3. The minimum absolute atomic E-state index is 0.462. The predicted octanol–water partition coefficient (Wildman–Crippen LogP) is 5.44. The molecule has 3 aromatic rings. The second-order valence-electron chi connectivity index (χ2n) is 9.77. The van der Waals surface area contributed by atoms with Gasteiger partial charge in [-0.1, -0.05) is 105 Å². The Hall–Kier alpha value is -2.46. The van der Waals surface area contributed by atoms with Crippen molar-refractivity contribution in [2.75, 3.05) is 13.1 Å². The van der Waals surface area contributed by atoms with Gasteiger partial charge in [-0.15, -0.1) is 0 Å². The summed E-state index contributed by atoms with van der Waals surface area (Å²) < 4.78 is 0. The van der Waals surface area contributed by atoms with Crippen molar-refractivity contribution in [1.29, 1.82) is 0 Å². The van der Waals surface area contributed by atoms with Gasteiger partial charge in [0.2, 0.25) is 0 Å². The summed E-state index contributed by atoms with van der Waals surface area (Å²) in [5.74, 6) is 1.16. The smallest absolute Gasteiger partial charge is 0.0680 e. The van der Waals surface area contributed by atoms with Crippen LogP contribution >= 0.6 is 0 Å². The van der Waals surface area contributed by atoms with Gasteiger partial charge in [-0.25, -0.2) is 0 Å². The van der Waals surface area contributed by atoms with E-state index in [1.807, 2.05) is 0 Å². The molecule has 0 saturated carbocycles. The van der Waals surface area contributed by atoms with Crippen molar-refractivity contribution in [3.63, 3.8) is 0 Å². The molecule has 3 heteroatoms. The summed E-state index contributed by atoms with van der Waals surface area (Å²) in [7, 11) is 0. The lowest BCUT2D eigenvalue weighted by molar-refractivity contribution is -0.187. The molecule has 0 amide bonds. The highest BCUT2D eigenvalue weighted by Crippen LogP contribution is 2.38. The highest BCUT2D eigenvalue weighted by Gasteiger charge is 2.48. The van der Waals surface area contributed by atoms with Gasteiger partial charge in [0.15, 0.2) is 0 Å². The van der Waals surface area contributed by atoms with Crippen molar-refractivity contribution < 1.29 is 0 Å². The van der Waals surface area contributed by atoms with E-state index in [1.54, 1.807) is 0 Å². The first kappa shape index (κ1) is 21.4. The fourth-order valence-corrected chi connectivity index (χ4v) is 6.03. The summed E-state index contributed by atoms with van der Waals surface area (Å²) in [5.41, 5.74) is 4.23. The average Bonchev–Trinajstić information content (AvgIpc) is 2.80. The van der Waals surface area contributed by atoms with E-state index in [2.05, 4.69) is 120 Å². The zero-order chi connectivity index (χ0) is 21.9. The third kappa shape index (κ3) is 4.52. The third-order valence-corrected chi connectivity index (χ3v) is 7.16. The predicted molar refractivity (Wildman–Crippen MR) is 132 cm³/mol. The van der Waals surface area contributed by atoms with Gasteiger partial charge in [0.1, 0.15) is 0 Å². The van der Waals surface area contributed by atoms with Crippen LogP contribution in [-0.4, -0.2) is 40.1 Å². The molecule has 2 bridgehead atoms. The Balaban J connectivity index is 1.46. The first-order chi connectivity index (χ1) is 15.7. The minimum atomic E-state index is 0.462. The van der Waals surface area contributed by atoms with Crippen molar-refractivity contribution in [2.24, 2.45) is 11.8 Å². The second kappa shape index (κ2) is 9.58. The topological polar surface area (TPSA) is 9.72 Å². The van der Waals surface area contributed by atoms with Crippen LogP contribution in [0.25, 0.3) is 0 Å². The standard InChI is InChI=1S/C29H35N3/c1-23-18-30(20-25-12-6-3-7-13-25)29-24(2)19-31(21-26-14-8-4-9-15-26)28(23)32(29)22-27-16-10-5-11-17-27/h3-17,23-24,28-29H,18-22H2,1-2H3/t23?,24?,28-,29-/m1/s1. The monoisotopic (exact) mass is 425 g/mol. The molecule has 2 unspecified atom stereocenters. The SMILES string of the molecule is CC1CN(Cc2ccccc2)[C@H]2C(C)CN(Cc3ccccc3)[C@@H]1N2Cc1ccccc1. The Kier molecular flexibility index (Phi) is 6.40. The highest BCUT2D eigenvalue weighted by molar-refractivity contribution is 5.19. The van der Waals surface area contributed by atoms with Gasteiger partial charge in [0.05, 0.1) is 12.3 Å². The maximum atomic E-state index is 2.80. The van der Waals surface area contributed by atoms with Gasteiger partial charge in [-0.05, 0) is 28.5 Å². The van der Waals surface area contributed by atoms with Crippen LogP contribution in [0.3, 0.4) is 0 Å². The Labute approximate surface area is 193 Å². The van der Waals surface area contributed by atoms with Crippen LogP contribution in [-0.2, 0) is 19.6 Å². The van der Waals surface area contributed by atoms with Gasteiger partial charge < -0.3 is 0 Å². The van der Waals surface area contributed by atoms with Gasteiger partial charge in [0, 0.05) is 32.7 Å². The molecule has 0 spiro atoms. The number of nitrogens with zero attached hydrogens (tertiary/aromatic N) is 3.